The molecule has 0 spiro atoms. The molecule has 19 heavy (non-hydrogen) atoms. The molecule has 1 aromatic rings. The first-order valence-corrected chi connectivity index (χ1v) is 6.72. The van der Waals surface area contributed by atoms with Crippen LogP contribution in [0, 0.1) is 0 Å². The van der Waals surface area contributed by atoms with E-state index in [1.54, 1.807) is 12.1 Å². The first-order valence-electron chi connectivity index (χ1n) is 5.93. The van der Waals surface area contributed by atoms with E-state index < -0.39 is 6.04 Å². The maximum Gasteiger partial charge on any atom is 0.322 e. The van der Waals surface area contributed by atoms with Crippen molar-refractivity contribution < 1.29 is 14.3 Å². The van der Waals surface area contributed by atoms with Gasteiger partial charge in [0.25, 0.3) is 0 Å². The molecule has 6 heteroatoms. The Morgan fingerprint density at radius 3 is 2.47 bits per heavy atom. The molecule has 5 nitrogen and oxygen atoms in total. The van der Waals surface area contributed by atoms with Gasteiger partial charge in [-0.15, -0.1) is 0 Å². The lowest BCUT2D eigenvalue weighted by atomic mass is 10.2. The van der Waals surface area contributed by atoms with Gasteiger partial charge in [0, 0.05) is 10.2 Å². The van der Waals surface area contributed by atoms with Crippen LogP contribution in [0.4, 0.5) is 5.69 Å². The van der Waals surface area contributed by atoms with E-state index >= 15 is 0 Å². The highest BCUT2D eigenvalue weighted by atomic mass is 79.9. The fraction of sp³-hybridized carbons (Fsp3) is 0.385. The van der Waals surface area contributed by atoms with Crippen LogP contribution in [0.15, 0.2) is 28.7 Å². The predicted molar refractivity (Wildman–Crippen MR) is 76.9 cm³/mol. The summed E-state index contributed by atoms with van der Waals surface area (Å²) in [6.07, 6.45) is 0.568. The van der Waals surface area contributed by atoms with Gasteiger partial charge in [0.15, 0.2) is 0 Å². The number of anilines is 1. The van der Waals surface area contributed by atoms with Crippen molar-refractivity contribution in [2.45, 2.75) is 19.4 Å². The molecule has 0 heterocycles. The number of benzene rings is 1. The third-order valence-electron chi connectivity index (χ3n) is 2.53. The monoisotopic (exact) mass is 328 g/mol. The van der Waals surface area contributed by atoms with E-state index in [4.69, 9.17) is 0 Å². The zero-order valence-electron chi connectivity index (χ0n) is 10.9. The Bertz CT molecular complexity index is 434. The number of nitrogens with one attached hydrogen (secondary N) is 2. The molecule has 0 aliphatic rings. The molecule has 1 amide bonds. The van der Waals surface area contributed by atoms with E-state index in [0.717, 1.165) is 4.47 Å². The summed E-state index contributed by atoms with van der Waals surface area (Å²) in [4.78, 5) is 23.0. The Morgan fingerprint density at radius 1 is 1.32 bits per heavy atom. The molecule has 0 aliphatic carbocycles. The zero-order valence-corrected chi connectivity index (χ0v) is 12.5. The van der Waals surface area contributed by atoms with E-state index in [-0.39, 0.29) is 18.4 Å². The third kappa shape index (κ3) is 5.40. The second-order valence-corrected chi connectivity index (χ2v) is 4.84. The molecule has 0 saturated heterocycles. The largest absolute Gasteiger partial charge is 0.468 e. The van der Waals surface area contributed by atoms with Gasteiger partial charge in [-0.3, -0.25) is 14.9 Å². The number of ether oxygens (including phenoxy) is 1. The Morgan fingerprint density at radius 2 is 1.95 bits per heavy atom. The van der Waals surface area contributed by atoms with Gasteiger partial charge in [-0.1, -0.05) is 22.9 Å². The second-order valence-electron chi connectivity index (χ2n) is 3.92. The lowest BCUT2D eigenvalue weighted by Crippen LogP contribution is -2.41. The smallest absolute Gasteiger partial charge is 0.322 e. The molecule has 0 bridgehead atoms. The van der Waals surface area contributed by atoms with Gasteiger partial charge < -0.3 is 10.1 Å². The number of hydrogen-bond acceptors (Lipinski definition) is 4. The fourth-order valence-corrected chi connectivity index (χ4v) is 1.76. The highest BCUT2D eigenvalue weighted by Crippen LogP contribution is 2.13. The van der Waals surface area contributed by atoms with Crippen molar-refractivity contribution in [3.05, 3.63) is 28.7 Å². The summed E-state index contributed by atoms with van der Waals surface area (Å²) in [5.41, 5.74) is 0.709. The van der Waals surface area contributed by atoms with Gasteiger partial charge in [0.2, 0.25) is 5.91 Å². The Hall–Kier alpha value is -1.40. The van der Waals surface area contributed by atoms with Crippen molar-refractivity contribution >= 4 is 33.5 Å². The van der Waals surface area contributed by atoms with Crippen molar-refractivity contribution in [3.8, 4) is 0 Å². The maximum absolute atomic E-state index is 11.7. The molecule has 0 aromatic heterocycles. The highest BCUT2D eigenvalue weighted by Gasteiger charge is 2.17. The fourth-order valence-electron chi connectivity index (χ4n) is 1.49. The van der Waals surface area contributed by atoms with Crippen molar-refractivity contribution in [2.24, 2.45) is 0 Å². The first kappa shape index (κ1) is 15.7. The summed E-state index contributed by atoms with van der Waals surface area (Å²) in [5, 5.41) is 5.59. The van der Waals surface area contributed by atoms with Gasteiger partial charge >= 0.3 is 5.97 Å². The van der Waals surface area contributed by atoms with Crippen LogP contribution in [0.2, 0.25) is 0 Å². The van der Waals surface area contributed by atoms with E-state index in [1.165, 1.54) is 7.11 Å². The van der Waals surface area contributed by atoms with E-state index in [1.807, 2.05) is 19.1 Å². The molecule has 0 aliphatic heterocycles. The van der Waals surface area contributed by atoms with Crippen molar-refractivity contribution in [2.75, 3.05) is 19.0 Å². The maximum atomic E-state index is 11.7. The minimum atomic E-state index is -0.458. The lowest BCUT2D eigenvalue weighted by Gasteiger charge is -2.14. The quantitative estimate of drug-likeness (QED) is 0.783. The topological polar surface area (TPSA) is 67.4 Å². The summed E-state index contributed by atoms with van der Waals surface area (Å²) in [6, 6.07) is 6.80. The van der Waals surface area contributed by atoms with Gasteiger partial charge in [-0.05, 0) is 30.7 Å². The van der Waals surface area contributed by atoms with E-state index in [2.05, 4.69) is 31.3 Å². The molecule has 104 valence electrons. The lowest BCUT2D eigenvalue weighted by molar-refractivity contribution is -0.143. The minimum absolute atomic E-state index is 0.0592. The van der Waals surface area contributed by atoms with Crippen LogP contribution in [0.5, 0.6) is 0 Å². The molecule has 0 fully saturated rings. The Kier molecular flexibility index (Phi) is 6.52. The van der Waals surface area contributed by atoms with Gasteiger partial charge in [-0.25, -0.2) is 0 Å². The summed E-state index contributed by atoms with van der Waals surface area (Å²) in [6.45, 7) is 1.91. The van der Waals surface area contributed by atoms with Crippen LogP contribution in [-0.2, 0) is 14.3 Å². The number of rotatable bonds is 6. The van der Waals surface area contributed by atoms with Gasteiger partial charge in [-0.2, -0.15) is 0 Å². The predicted octanol–water partition coefficient (Wildman–Crippen LogP) is 1.93. The van der Waals surface area contributed by atoms with Crippen molar-refractivity contribution in [1.82, 2.24) is 5.32 Å². The van der Waals surface area contributed by atoms with Crippen molar-refractivity contribution in [3.63, 3.8) is 0 Å². The number of amides is 1. The number of esters is 1. The van der Waals surface area contributed by atoms with Crippen LogP contribution in [-0.4, -0.2) is 31.6 Å². The van der Waals surface area contributed by atoms with E-state index in [9.17, 15) is 9.59 Å². The van der Waals surface area contributed by atoms with Crippen LogP contribution < -0.4 is 10.6 Å². The highest BCUT2D eigenvalue weighted by molar-refractivity contribution is 9.10. The number of carbonyl (C=O) groups excluding carboxylic acids is 2. The molecule has 0 radical (unpaired) electrons. The van der Waals surface area contributed by atoms with Crippen LogP contribution in [0.1, 0.15) is 13.3 Å². The summed E-state index contributed by atoms with van der Waals surface area (Å²) >= 11 is 3.32. The van der Waals surface area contributed by atoms with Gasteiger partial charge in [0.1, 0.15) is 6.04 Å². The molecular weight excluding hydrogens is 312 g/mol. The SMILES string of the molecule is CC[C@@H](NCC(=O)Nc1ccc(Br)cc1)C(=O)OC. The molecule has 0 unspecified atom stereocenters. The normalized spacial score (nSPS) is 11.7. The Labute approximate surface area is 120 Å². The zero-order chi connectivity index (χ0) is 14.3. The summed E-state index contributed by atoms with van der Waals surface area (Å²) in [5.74, 6) is -0.566. The molecule has 1 rings (SSSR count). The van der Waals surface area contributed by atoms with Gasteiger partial charge in [0.05, 0.1) is 13.7 Å². The number of methoxy groups -OCH3 is 1. The molecule has 1 atom stereocenters. The summed E-state index contributed by atoms with van der Waals surface area (Å²) < 4.78 is 5.57. The number of hydrogen-bond donors (Lipinski definition) is 2. The molecule has 0 saturated carbocycles. The first-order chi connectivity index (χ1) is 9.06. The average Bonchev–Trinajstić information content (AvgIpc) is 2.41. The third-order valence-corrected chi connectivity index (χ3v) is 3.06. The number of carbonyl (C=O) groups is 2. The molecule has 2 N–H and O–H groups in total. The van der Waals surface area contributed by atoms with Crippen LogP contribution in [0.3, 0.4) is 0 Å². The minimum Gasteiger partial charge on any atom is -0.468 e. The molecule has 1 aromatic carbocycles. The van der Waals surface area contributed by atoms with E-state index in [0.29, 0.717) is 12.1 Å². The average molecular weight is 329 g/mol. The number of halogens is 1. The van der Waals surface area contributed by atoms with Crippen molar-refractivity contribution in [1.29, 1.82) is 0 Å². The summed E-state index contributed by atoms with van der Waals surface area (Å²) in [7, 11) is 1.33. The standard InChI is InChI=1S/C13H17BrN2O3/c1-3-11(13(18)19-2)15-8-12(17)16-10-6-4-9(14)5-7-10/h4-7,11,15H,3,8H2,1-2H3,(H,16,17)/t11-/m1/s1. The second kappa shape index (κ2) is 7.91. The Balaban J connectivity index is 2.43. The van der Waals surface area contributed by atoms with Crippen LogP contribution in [0.25, 0.3) is 0 Å². The molecular formula is C13H17BrN2O3. The van der Waals surface area contributed by atoms with Crippen LogP contribution >= 0.6 is 15.9 Å².